The quantitative estimate of drug-likeness (QED) is 0.858. The maximum absolute atomic E-state index is 13.4. The van der Waals surface area contributed by atoms with Gasteiger partial charge >= 0.3 is 5.97 Å². The molecule has 1 aliphatic rings. The van der Waals surface area contributed by atoms with Crippen LogP contribution in [0.1, 0.15) is 37.3 Å². The first-order valence-electron chi connectivity index (χ1n) is 6.59. The van der Waals surface area contributed by atoms with Crippen molar-refractivity contribution in [2.24, 2.45) is 5.73 Å². The molecule has 1 aromatic rings. The smallest absolute Gasteiger partial charge is 0.303 e. The van der Waals surface area contributed by atoms with Crippen LogP contribution in [0.15, 0.2) is 18.2 Å². The van der Waals surface area contributed by atoms with E-state index in [1.165, 1.54) is 12.1 Å². The van der Waals surface area contributed by atoms with Gasteiger partial charge in [0, 0.05) is 31.2 Å². The summed E-state index contributed by atoms with van der Waals surface area (Å²) in [6, 6.07) is 4.17. The minimum atomic E-state index is -0.880. The van der Waals surface area contributed by atoms with Crippen molar-refractivity contribution in [2.75, 3.05) is 18.0 Å². The van der Waals surface area contributed by atoms with Gasteiger partial charge in [-0.1, -0.05) is 0 Å². The standard InChI is InChI=1S/C14H19FN2O2/c15-10-3-5-13(17-7-1-2-8-17)11(9-10)12(16)4-6-14(18)19/h3,5,9,12H,1-2,4,6-8,16H2,(H,18,19). The number of rotatable bonds is 5. The highest BCUT2D eigenvalue weighted by atomic mass is 19.1. The third-order valence-corrected chi connectivity index (χ3v) is 3.51. The van der Waals surface area contributed by atoms with E-state index >= 15 is 0 Å². The zero-order chi connectivity index (χ0) is 13.8. The van der Waals surface area contributed by atoms with E-state index in [1.807, 2.05) is 0 Å². The molecule has 0 aliphatic carbocycles. The zero-order valence-electron chi connectivity index (χ0n) is 10.8. The topological polar surface area (TPSA) is 66.6 Å². The van der Waals surface area contributed by atoms with Gasteiger partial charge in [0.1, 0.15) is 5.82 Å². The van der Waals surface area contributed by atoms with E-state index in [9.17, 15) is 9.18 Å². The monoisotopic (exact) mass is 266 g/mol. The molecule has 1 saturated heterocycles. The Morgan fingerprint density at radius 3 is 2.74 bits per heavy atom. The molecule has 1 fully saturated rings. The summed E-state index contributed by atoms with van der Waals surface area (Å²) in [6.07, 6.45) is 2.57. The SMILES string of the molecule is NC(CCC(=O)O)c1cc(F)ccc1N1CCCC1. The predicted molar refractivity (Wildman–Crippen MR) is 71.6 cm³/mol. The van der Waals surface area contributed by atoms with E-state index < -0.39 is 12.0 Å². The Hall–Kier alpha value is -1.62. The lowest BCUT2D eigenvalue weighted by Gasteiger charge is -2.24. The van der Waals surface area contributed by atoms with Crippen molar-refractivity contribution in [1.29, 1.82) is 0 Å². The van der Waals surface area contributed by atoms with Crippen molar-refractivity contribution in [2.45, 2.75) is 31.7 Å². The normalized spacial score (nSPS) is 16.6. The Labute approximate surface area is 112 Å². The van der Waals surface area contributed by atoms with Crippen LogP contribution in [0.3, 0.4) is 0 Å². The summed E-state index contributed by atoms with van der Waals surface area (Å²) in [6.45, 7) is 1.90. The number of carboxylic acid groups (broad SMARTS) is 1. The van der Waals surface area contributed by atoms with Crippen LogP contribution in [0.4, 0.5) is 10.1 Å². The predicted octanol–water partition coefficient (Wildman–Crippen LogP) is 2.29. The molecule has 1 atom stereocenters. The van der Waals surface area contributed by atoms with Crippen LogP contribution in [0.5, 0.6) is 0 Å². The summed E-state index contributed by atoms with van der Waals surface area (Å²) < 4.78 is 13.4. The van der Waals surface area contributed by atoms with Crippen molar-refractivity contribution in [1.82, 2.24) is 0 Å². The van der Waals surface area contributed by atoms with E-state index in [1.54, 1.807) is 6.07 Å². The van der Waals surface area contributed by atoms with Gasteiger partial charge in [-0.2, -0.15) is 0 Å². The first-order chi connectivity index (χ1) is 9.08. The molecule has 0 spiro atoms. The van der Waals surface area contributed by atoms with E-state index in [4.69, 9.17) is 10.8 Å². The Bertz CT molecular complexity index is 459. The number of benzene rings is 1. The molecule has 1 aliphatic heterocycles. The molecule has 19 heavy (non-hydrogen) atoms. The van der Waals surface area contributed by atoms with Crippen LogP contribution in [0.2, 0.25) is 0 Å². The third-order valence-electron chi connectivity index (χ3n) is 3.51. The molecule has 3 N–H and O–H groups in total. The largest absolute Gasteiger partial charge is 0.481 e. The Morgan fingerprint density at radius 1 is 1.42 bits per heavy atom. The Kier molecular flexibility index (Phi) is 4.37. The van der Waals surface area contributed by atoms with E-state index in [0.717, 1.165) is 31.6 Å². The van der Waals surface area contributed by atoms with Crippen LogP contribution >= 0.6 is 0 Å². The summed E-state index contributed by atoms with van der Waals surface area (Å²) >= 11 is 0. The van der Waals surface area contributed by atoms with Crippen molar-refractivity contribution >= 4 is 11.7 Å². The number of aliphatic carboxylic acids is 1. The highest BCUT2D eigenvalue weighted by molar-refractivity contribution is 5.67. The minimum Gasteiger partial charge on any atom is -0.481 e. The zero-order valence-corrected chi connectivity index (χ0v) is 10.8. The highest BCUT2D eigenvalue weighted by Gasteiger charge is 2.20. The second-order valence-corrected chi connectivity index (χ2v) is 4.94. The number of anilines is 1. The molecule has 2 rings (SSSR count). The first-order valence-corrected chi connectivity index (χ1v) is 6.59. The lowest BCUT2D eigenvalue weighted by atomic mass is 10.00. The lowest BCUT2D eigenvalue weighted by Crippen LogP contribution is -2.22. The molecular formula is C14H19FN2O2. The van der Waals surface area contributed by atoms with Crippen molar-refractivity contribution in [3.63, 3.8) is 0 Å². The molecule has 1 unspecified atom stereocenters. The van der Waals surface area contributed by atoms with E-state index in [0.29, 0.717) is 12.0 Å². The molecule has 0 aromatic heterocycles. The molecule has 4 nitrogen and oxygen atoms in total. The number of hydrogen-bond acceptors (Lipinski definition) is 3. The molecule has 0 radical (unpaired) electrons. The van der Waals surface area contributed by atoms with Crippen LogP contribution in [0, 0.1) is 5.82 Å². The van der Waals surface area contributed by atoms with Crippen molar-refractivity contribution < 1.29 is 14.3 Å². The molecule has 0 bridgehead atoms. The molecule has 0 amide bonds. The summed E-state index contributed by atoms with van der Waals surface area (Å²) in [4.78, 5) is 12.8. The summed E-state index contributed by atoms with van der Waals surface area (Å²) in [5, 5.41) is 8.70. The van der Waals surface area contributed by atoms with Crippen molar-refractivity contribution in [3.05, 3.63) is 29.6 Å². The fourth-order valence-corrected chi connectivity index (χ4v) is 2.50. The summed E-state index contributed by atoms with van der Waals surface area (Å²) in [7, 11) is 0. The number of hydrogen-bond donors (Lipinski definition) is 2. The fraction of sp³-hybridized carbons (Fsp3) is 0.500. The van der Waals surface area contributed by atoms with Crippen molar-refractivity contribution in [3.8, 4) is 0 Å². The van der Waals surface area contributed by atoms with Gasteiger partial charge in [0.15, 0.2) is 0 Å². The second kappa shape index (κ2) is 6.02. The lowest BCUT2D eigenvalue weighted by molar-refractivity contribution is -0.137. The van der Waals surface area contributed by atoms with Gasteiger partial charge in [0.05, 0.1) is 0 Å². The number of nitrogens with two attached hydrogens (primary N) is 1. The highest BCUT2D eigenvalue weighted by Crippen LogP contribution is 2.30. The van der Waals surface area contributed by atoms with Gasteiger partial charge in [-0.25, -0.2) is 4.39 Å². The molecule has 1 aromatic carbocycles. The molecule has 104 valence electrons. The average Bonchev–Trinajstić information content (AvgIpc) is 2.89. The van der Waals surface area contributed by atoms with Gasteiger partial charge in [0.2, 0.25) is 0 Å². The summed E-state index contributed by atoms with van der Waals surface area (Å²) in [5.74, 6) is -1.21. The van der Waals surface area contributed by atoms with Crippen LogP contribution < -0.4 is 10.6 Å². The molecule has 0 saturated carbocycles. The Morgan fingerprint density at radius 2 is 2.11 bits per heavy atom. The molecular weight excluding hydrogens is 247 g/mol. The maximum atomic E-state index is 13.4. The van der Waals surface area contributed by atoms with E-state index in [2.05, 4.69) is 4.90 Å². The van der Waals surface area contributed by atoms with Gasteiger partial charge in [-0.15, -0.1) is 0 Å². The number of carboxylic acids is 1. The number of nitrogens with zero attached hydrogens (tertiary/aromatic N) is 1. The van der Waals surface area contributed by atoms with E-state index in [-0.39, 0.29) is 12.2 Å². The fourth-order valence-electron chi connectivity index (χ4n) is 2.50. The number of halogens is 1. The maximum Gasteiger partial charge on any atom is 0.303 e. The van der Waals surface area contributed by atoms with Gasteiger partial charge < -0.3 is 15.7 Å². The van der Waals surface area contributed by atoms with Crippen LogP contribution in [0.25, 0.3) is 0 Å². The molecule has 5 heteroatoms. The first kappa shape index (κ1) is 13.8. The van der Waals surface area contributed by atoms with Crippen LogP contribution in [-0.4, -0.2) is 24.2 Å². The minimum absolute atomic E-state index is 0.00286. The summed E-state index contributed by atoms with van der Waals surface area (Å²) in [5.41, 5.74) is 7.68. The Balaban J connectivity index is 2.20. The molecule has 1 heterocycles. The van der Waals surface area contributed by atoms with Gasteiger partial charge in [-0.05, 0) is 43.0 Å². The number of carbonyl (C=O) groups is 1. The van der Waals surface area contributed by atoms with Gasteiger partial charge in [0.25, 0.3) is 0 Å². The second-order valence-electron chi connectivity index (χ2n) is 4.94. The van der Waals surface area contributed by atoms with Gasteiger partial charge in [-0.3, -0.25) is 4.79 Å². The third kappa shape index (κ3) is 3.44. The van der Waals surface area contributed by atoms with Crippen LogP contribution in [-0.2, 0) is 4.79 Å². The average molecular weight is 266 g/mol.